The molecule has 0 amide bonds. The van der Waals surface area contributed by atoms with Crippen LogP contribution in [0, 0.1) is 11.3 Å². The number of thioether (sulfide) groups is 1. The molecular weight excluding hydrogens is 302 g/mol. The molecule has 2 heterocycles. The molecule has 1 aromatic carbocycles. The number of benzene rings is 1. The smallest absolute Gasteiger partial charge is 0.251 e. The predicted molar refractivity (Wildman–Crippen MR) is 81.2 cm³/mol. The summed E-state index contributed by atoms with van der Waals surface area (Å²) >= 11 is 1.13. The first-order chi connectivity index (χ1) is 10.3. The normalized spacial score (nSPS) is 25.7. The van der Waals surface area contributed by atoms with E-state index < -0.39 is 11.4 Å². The van der Waals surface area contributed by atoms with Crippen LogP contribution >= 0.6 is 11.8 Å². The fourth-order valence-corrected chi connectivity index (χ4v) is 3.15. The molecule has 22 heavy (non-hydrogen) atoms. The number of nitrogens with zero attached hydrogens (tertiary/aromatic N) is 1. The second kappa shape index (κ2) is 5.04. The number of aliphatic hydroxyl groups is 1. The van der Waals surface area contributed by atoms with Crippen LogP contribution < -0.4 is 4.74 Å². The van der Waals surface area contributed by atoms with E-state index in [4.69, 9.17) is 14.7 Å². The Labute approximate surface area is 132 Å². The van der Waals surface area contributed by atoms with Crippen LogP contribution in [-0.2, 0) is 16.0 Å². The van der Waals surface area contributed by atoms with E-state index in [2.05, 4.69) is 6.07 Å². The third-order valence-corrected chi connectivity index (χ3v) is 4.69. The van der Waals surface area contributed by atoms with E-state index in [1.165, 1.54) is 6.08 Å². The zero-order chi connectivity index (χ0) is 16.0. The minimum absolute atomic E-state index is 0.0831. The lowest BCUT2D eigenvalue weighted by Crippen LogP contribution is -2.59. The molecule has 0 aromatic heterocycles. The summed E-state index contributed by atoms with van der Waals surface area (Å²) in [5.41, 5.74) is 0.208. The van der Waals surface area contributed by atoms with E-state index in [1.54, 1.807) is 32.0 Å². The van der Waals surface area contributed by atoms with Gasteiger partial charge < -0.3 is 14.6 Å². The van der Waals surface area contributed by atoms with Crippen LogP contribution in [0.4, 0.5) is 0 Å². The van der Waals surface area contributed by atoms with Gasteiger partial charge in [0.15, 0.2) is 5.60 Å². The largest absolute Gasteiger partial charge is 0.481 e. The number of rotatable bonds is 2. The van der Waals surface area contributed by atoms with Gasteiger partial charge in [0.25, 0.3) is 5.79 Å². The summed E-state index contributed by atoms with van der Waals surface area (Å²) in [4.78, 5) is 11.3. The maximum atomic E-state index is 11.3. The highest BCUT2D eigenvalue weighted by Gasteiger charge is 2.52. The first kappa shape index (κ1) is 14.9. The van der Waals surface area contributed by atoms with Gasteiger partial charge >= 0.3 is 0 Å². The third kappa shape index (κ3) is 2.47. The Morgan fingerprint density at radius 3 is 2.86 bits per heavy atom. The molecule has 0 saturated carbocycles. The second-order valence-corrected chi connectivity index (χ2v) is 6.81. The highest BCUT2D eigenvalue weighted by Crippen LogP contribution is 2.42. The van der Waals surface area contributed by atoms with Gasteiger partial charge in [-0.05, 0) is 32.0 Å². The molecule has 0 radical (unpaired) electrons. The minimum Gasteiger partial charge on any atom is -0.481 e. The molecule has 0 fully saturated rings. The predicted octanol–water partition coefficient (Wildman–Crippen LogP) is 2.13. The van der Waals surface area contributed by atoms with Crippen molar-refractivity contribution in [3.8, 4) is 11.8 Å². The molecule has 0 saturated heterocycles. The van der Waals surface area contributed by atoms with Gasteiger partial charge in [0.1, 0.15) is 11.5 Å². The van der Waals surface area contributed by atoms with Crippen molar-refractivity contribution in [3.63, 3.8) is 0 Å². The van der Waals surface area contributed by atoms with Crippen molar-refractivity contribution in [1.29, 1.82) is 5.26 Å². The highest BCUT2D eigenvalue weighted by atomic mass is 32.2. The molecule has 1 N–H and O–H groups in total. The summed E-state index contributed by atoms with van der Waals surface area (Å²) in [6, 6.07) is 7.15. The minimum atomic E-state index is -1.61. The standard InChI is InChI=1S/C16H15NO4S/c1-15(2)16(19,20-12-6-14(18)22-9-12)7-11-5-10(8-17)3-4-13(11)21-15/h3-6,19H,7,9H2,1-2H3/t16-/m0/s1. The number of hydrogen-bond acceptors (Lipinski definition) is 6. The molecule has 0 bridgehead atoms. The number of hydrogen-bond donors (Lipinski definition) is 1. The number of carbonyl (C=O) groups is 1. The summed E-state index contributed by atoms with van der Waals surface area (Å²) < 4.78 is 11.6. The Morgan fingerprint density at radius 2 is 2.23 bits per heavy atom. The second-order valence-electron chi connectivity index (χ2n) is 5.83. The van der Waals surface area contributed by atoms with Crippen LogP contribution in [0.15, 0.2) is 30.0 Å². The number of ether oxygens (including phenoxy) is 2. The first-order valence-corrected chi connectivity index (χ1v) is 7.82. The summed E-state index contributed by atoms with van der Waals surface area (Å²) in [6.07, 6.45) is 1.57. The van der Waals surface area contributed by atoms with Gasteiger partial charge in [-0.25, -0.2) is 0 Å². The number of carbonyl (C=O) groups excluding carboxylic acids is 1. The Kier molecular flexibility index (Phi) is 3.42. The highest BCUT2D eigenvalue weighted by molar-refractivity contribution is 8.14. The van der Waals surface area contributed by atoms with E-state index in [9.17, 15) is 9.90 Å². The molecule has 0 spiro atoms. The van der Waals surface area contributed by atoms with Crippen molar-refractivity contribution in [1.82, 2.24) is 0 Å². The van der Waals surface area contributed by atoms with Gasteiger partial charge in [0.2, 0.25) is 5.12 Å². The zero-order valence-corrected chi connectivity index (χ0v) is 13.1. The third-order valence-electron chi connectivity index (χ3n) is 3.86. The molecule has 2 aliphatic heterocycles. The van der Waals surface area contributed by atoms with Crippen LogP contribution in [0.25, 0.3) is 0 Å². The summed E-state index contributed by atoms with van der Waals surface area (Å²) in [7, 11) is 0. The topological polar surface area (TPSA) is 79.6 Å². The fourth-order valence-electron chi connectivity index (χ4n) is 2.50. The molecule has 0 unspecified atom stereocenters. The Bertz CT molecular complexity index is 719. The summed E-state index contributed by atoms with van der Waals surface area (Å²) in [6.45, 7) is 3.47. The number of nitriles is 1. The molecule has 114 valence electrons. The van der Waals surface area contributed by atoms with Gasteiger partial charge in [-0.1, -0.05) is 11.8 Å². The molecule has 3 rings (SSSR count). The van der Waals surface area contributed by atoms with E-state index in [0.29, 0.717) is 28.4 Å². The van der Waals surface area contributed by atoms with Crippen LogP contribution in [0.3, 0.4) is 0 Å². The van der Waals surface area contributed by atoms with Gasteiger partial charge in [-0.3, -0.25) is 4.79 Å². The van der Waals surface area contributed by atoms with Gasteiger partial charge in [0, 0.05) is 18.1 Å². The van der Waals surface area contributed by atoms with Crippen molar-refractivity contribution >= 4 is 16.9 Å². The van der Waals surface area contributed by atoms with Crippen molar-refractivity contribution in [3.05, 3.63) is 41.2 Å². The maximum absolute atomic E-state index is 11.3. The van der Waals surface area contributed by atoms with E-state index in [-0.39, 0.29) is 11.5 Å². The fraction of sp³-hybridized carbons (Fsp3) is 0.375. The van der Waals surface area contributed by atoms with Crippen LogP contribution in [0.2, 0.25) is 0 Å². The summed E-state index contributed by atoms with van der Waals surface area (Å²) in [5.74, 6) is -0.134. The molecular formula is C16H15NO4S. The van der Waals surface area contributed by atoms with Crippen molar-refractivity contribution in [2.75, 3.05) is 5.75 Å². The lowest BCUT2D eigenvalue weighted by Gasteiger charge is -2.46. The van der Waals surface area contributed by atoms with E-state index in [0.717, 1.165) is 11.8 Å². The van der Waals surface area contributed by atoms with Gasteiger partial charge in [0.05, 0.1) is 17.4 Å². The van der Waals surface area contributed by atoms with Crippen molar-refractivity contribution < 1.29 is 19.4 Å². The van der Waals surface area contributed by atoms with E-state index in [1.807, 2.05) is 0 Å². The van der Waals surface area contributed by atoms with Crippen LogP contribution in [0.1, 0.15) is 25.0 Å². The lowest BCUT2D eigenvalue weighted by molar-refractivity contribution is -0.268. The van der Waals surface area contributed by atoms with Gasteiger partial charge in [-0.15, -0.1) is 0 Å². The summed E-state index contributed by atoms with van der Waals surface area (Å²) in [5, 5.41) is 19.9. The van der Waals surface area contributed by atoms with Crippen molar-refractivity contribution in [2.24, 2.45) is 0 Å². The van der Waals surface area contributed by atoms with Gasteiger partial charge in [-0.2, -0.15) is 5.26 Å². The monoisotopic (exact) mass is 317 g/mol. The molecule has 0 aliphatic carbocycles. The molecule has 2 aliphatic rings. The van der Waals surface area contributed by atoms with Crippen molar-refractivity contribution in [2.45, 2.75) is 31.7 Å². The number of fused-ring (bicyclic) bond motifs is 1. The average molecular weight is 317 g/mol. The lowest BCUT2D eigenvalue weighted by atomic mass is 9.86. The molecule has 5 nitrogen and oxygen atoms in total. The van der Waals surface area contributed by atoms with Crippen LogP contribution in [0.5, 0.6) is 5.75 Å². The zero-order valence-electron chi connectivity index (χ0n) is 12.3. The molecule has 1 atom stereocenters. The Balaban J connectivity index is 1.95. The average Bonchev–Trinajstić information content (AvgIpc) is 2.84. The maximum Gasteiger partial charge on any atom is 0.251 e. The molecule has 1 aromatic rings. The van der Waals surface area contributed by atoms with Crippen LogP contribution in [-0.4, -0.2) is 27.4 Å². The Hall–Kier alpha value is -1.97. The molecule has 6 heteroatoms. The SMILES string of the molecule is CC1(C)Oc2ccc(C#N)cc2C[C@]1(O)OC1=CC(=O)SC1. The quantitative estimate of drug-likeness (QED) is 0.842. The Morgan fingerprint density at radius 1 is 1.45 bits per heavy atom. The first-order valence-electron chi connectivity index (χ1n) is 6.84. The van der Waals surface area contributed by atoms with E-state index >= 15 is 0 Å².